The van der Waals surface area contributed by atoms with E-state index < -0.39 is 0 Å². The zero-order valence-electron chi connectivity index (χ0n) is 14.9. The van der Waals surface area contributed by atoms with Crippen molar-refractivity contribution in [1.82, 2.24) is 15.3 Å². The quantitative estimate of drug-likeness (QED) is 0.639. The van der Waals surface area contributed by atoms with Crippen LogP contribution >= 0.6 is 0 Å². The second-order valence-electron chi connectivity index (χ2n) is 6.74. The van der Waals surface area contributed by atoms with Gasteiger partial charge in [-0.2, -0.15) is 9.97 Å². The minimum atomic E-state index is -0.0761. The summed E-state index contributed by atoms with van der Waals surface area (Å²) in [7, 11) is 0. The highest BCUT2D eigenvalue weighted by Gasteiger charge is 2.28. The van der Waals surface area contributed by atoms with Crippen LogP contribution in [0.2, 0.25) is 0 Å². The van der Waals surface area contributed by atoms with Crippen molar-refractivity contribution in [3.8, 4) is 6.01 Å². The highest BCUT2D eigenvalue weighted by Crippen LogP contribution is 2.34. The van der Waals surface area contributed by atoms with Crippen molar-refractivity contribution in [1.29, 1.82) is 0 Å². The number of unbranched alkanes of at least 4 members (excludes halogenated alkanes) is 1. The molecule has 0 aliphatic carbocycles. The summed E-state index contributed by atoms with van der Waals surface area (Å²) in [6, 6.07) is 0.285. The zero-order valence-corrected chi connectivity index (χ0v) is 14.9. The Labute approximate surface area is 148 Å². The molecule has 3 heterocycles. The van der Waals surface area contributed by atoms with Gasteiger partial charge >= 0.3 is 6.01 Å². The van der Waals surface area contributed by atoms with E-state index in [1.165, 1.54) is 12.8 Å². The maximum atomic E-state index is 12.0. The first-order valence-electron chi connectivity index (χ1n) is 9.23. The molecule has 3 rings (SSSR count). The van der Waals surface area contributed by atoms with Gasteiger partial charge in [-0.05, 0) is 44.7 Å². The van der Waals surface area contributed by atoms with Gasteiger partial charge in [0, 0.05) is 6.54 Å². The summed E-state index contributed by atoms with van der Waals surface area (Å²) in [4.78, 5) is 22.7. The Bertz CT molecular complexity index is 603. The van der Waals surface area contributed by atoms with Crippen molar-refractivity contribution < 1.29 is 9.53 Å². The number of amides is 1. The Morgan fingerprint density at radius 1 is 1.32 bits per heavy atom. The molecule has 8 nitrogen and oxygen atoms in total. The number of nitrogen functional groups attached to an aromatic ring is 1. The molecule has 0 spiro atoms. The van der Waals surface area contributed by atoms with Crippen molar-refractivity contribution >= 4 is 23.2 Å². The zero-order chi connectivity index (χ0) is 17.6. The number of hydrogen-bond donors (Lipinski definition) is 3. The Kier molecular flexibility index (Phi) is 5.91. The highest BCUT2D eigenvalue weighted by atomic mass is 16.5. The second kappa shape index (κ2) is 8.33. The van der Waals surface area contributed by atoms with E-state index in [2.05, 4.69) is 27.5 Å². The number of carbonyl (C=O) groups excluding carboxylic acids is 1. The third-order valence-electron chi connectivity index (χ3n) is 4.79. The number of carbonyl (C=O) groups is 1. The van der Waals surface area contributed by atoms with Crippen LogP contribution in [0.5, 0.6) is 6.01 Å². The van der Waals surface area contributed by atoms with Gasteiger partial charge in [0.25, 0.3) is 0 Å². The molecule has 8 heteroatoms. The van der Waals surface area contributed by atoms with Crippen molar-refractivity contribution in [3.63, 3.8) is 0 Å². The van der Waals surface area contributed by atoms with Crippen LogP contribution in [0.1, 0.15) is 39.0 Å². The Hall–Kier alpha value is -2.09. The predicted octanol–water partition coefficient (Wildman–Crippen LogP) is 1.39. The molecule has 0 radical (unpaired) electrons. The summed E-state index contributed by atoms with van der Waals surface area (Å²) >= 11 is 0. The molecule has 1 saturated heterocycles. The number of aromatic nitrogens is 2. The fourth-order valence-corrected chi connectivity index (χ4v) is 3.29. The van der Waals surface area contributed by atoms with Gasteiger partial charge in [0.2, 0.25) is 5.91 Å². The van der Waals surface area contributed by atoms with E-state index in [1.54, 1.807) is 0 Å². The molecule has 25 heavy (non-hydrogen) atoms. The number of piperidine rings is 1. The van der Waals surface area contributed by atoms with Crippen LogP contribution in [0, 0.1) is 5.92 Å². The van der Waals surface area contributed by atoms with E-state index >= 15 is 0 Å². The smallest absolute Gasteiger partial charge is 0.320 e. The number of nitrogens with zero attached hydrogens (tertiary/aromatic N) is 3. The first-order valence-corrected chi connectivity index (χ1v) is 9.23. The van der Waals surface area contributed by atoms with Crippen LogP contribution in [0.3, 0.4) is 0 Å². The first-order chi connectivity index (χ1) is 12.2. The van der Waals surface area contributed by atoms with E-state index in [4.69, 9.17) is 10.5 Å². The molecule has 0 unspecified atom stereocenters. The van der Waals surface area contributed by atoms with E-state index in [9.17, 15) is 4.79 Å². The third kappa shape index (κ3) is 4.50. The number of nitrogens with two attached hydrogens (primary N) is 1. The fraction of sp³-hybridized carbons (Fsp3) is 0.706. The Morgan fingerprint density at radius 2 is 2.12 bits per heavy atom. The molecule has 0 saturated carbocycles. The monoisotopic (exact) mass is 348 g/mol. The summed E-state index contributed by atoms with van der Waals surface area (Å²) in [5, 5.41) is 6.18. The molecule has 0 atom stereocenters. The van der Waals surface area contributed by atoms with Crippen LogP contribution in [-0.4, -0.2) is 48.7 Å². The maximum Gasteiger partial charge on any atom is 0.320 e. The number of anilines is 3. The SMILES string of the molecule is CCCCOc1nc(N)c2c(n1)N(CCC1CCNCC1)CC(=O)N2. The molecular weight excluding hydrogens is 320 g/mol. The lowest BCUT2D eigenvalue weighted by Crippen LogP contribution is -2.41. The van der Waals surface area contributed by atoms with Crippen LogP contribution in [0.25, 0.3) is 0 Å². The standard InChI is InChI=1S/C17H28N6O2/c1-2-3-10-25-17-21-15(18)14-16(22-17)23(11-13(24)20-14)9-6-12-4-7-19-8-5-12/h12,19H,2-11H2,1H3,(H,20,24)(H2,18,21,22). The van der Waals surface area contributed by atoms with E-state index in [1.807, 2.05) is 4.90 Å². The van der Waals surface area contributed by atoms with Gasteiger partial charge in [0.1, 0.15) is 5.69 Å². The first kappa shape index (κ1) is 17.7. The number of rotatable bonds is 7. The minimum absolute atomic E-state index is 0.0761. The average Bonchev–Trinajstić information content (AvgIpc) is 2.62. The molecule has 1 amide bonds. The number of ether oxygens (including phenoxy) is 1. The maximum absolute atomic E-state index is 12.0. The Morgan fingerprint density at radius 3 is 2.88 bits per heavy atom. The number of nitrogens with one attached hydrogen (secondary N) is 2. The molecule has 1 aromatic heterocycles. The highest BCUT2D eigenvalue weighted by molar-refractivity contribution is 6.03. The van der Waals surface area contributed by atoms with Crippen molar-refractivity contribution in [2.45, 2.75) is 39.0 Å². The lowest BCUT2D eigenvalue weighted by Gasteiger charge is -2.32. The van der Waals surface area contributed by atoms with Crippen molar-refractivity contribution in [2.24, 2.45) is 5.92 Å². The van der Waals surface area contributed by atoms with Gasteiger partial charge in [-0.1, -0.05) is 13.3 Å². The number of fused-ring (bicyclic) bond motifs is 1. The van der Waals surface area contributed by atoms with Gasteiger partial charge in [0.15, 0.2) is 11.6 Å². The second-order valence-corrected chi connectivity index (χ2v) is 6.74. The van der Waals surface area contributed by atoms with Crippen LogP contribution in [0.15, 0.2) is 0 Å². The predicted molar refractivity (Wildman–Crippen MR) is 97.9 cm³/mol. The van der Waals surface area contributed by atoms with Gasteiger partial charge in [-0.15, -0.1) is 0 Å². The molecule has 0 bridgehead atoms. The third-order valence-corrected chi connectivity index (χ3v) is 4.79. The Balaban J connectivity index is 1.73. The van der Waals surface area contributed by atoms with Gasteiger partial charge in [0.05, 0.1) is 13.2 Å². The van der Waals surface area contributed by atoms with Crippen molar-refractivity contribution in [3.05, 3.63) is 0 Å². The molecule has 1 fully saturated rings. The summed E-state index contributed by atoms with van der Waals surface area (Å²) in [6.45, 7) is 5.90. The molecule has 4 N–H and O–H groups in total. The van der Waals surface area contributed by atoms with E-state index in [0.29, 0.717) is 30.6 Å². The molecule has 138 valence electrons. The van der Waals surface area contributed by atoms with E-state index in [0.717, 1.165) is 38.9 Å². The molecule has 0 aromatic carbocycles. The summed E-state index contributed by atoms with van der Waals surface area (Å²) in [5.74, 6) is 1.55. The fourth-order valence-electron chi connectivity index (χ4n) is 3.29. The largest absolute Gasteiger partial charge is 0.463 e. The van der Waals surface area contributed by atoms with Crippen molar-refractivity contribution in [2.75, 3.05) is 48.7 Å². The number of hydrogen-bond acceptors (Lipinski definition) is 7. The van der Waals surface area contributed by atoms with Crippen LogP contribution in [0.4, 0.5) is 17.3 Å². The van der Waals surface area contributed by atoms with Gasteiger partial charge in [-0.3, -0.25) is 4.79 Å². The topological polar surface area (TPSA) is 105 Å². The summed E-state index contributed by atoms with van der Waals surface area (Å²) < 4.78 is 5.61. The summed E-state index contributed by atoms with van der Waals surface area (Å²) in [6.07, 6.45) is 5.40. The molecular formula is C17H28N6O2. The molecule has 2 aliphatic heterocycles. The lowest BCUT2D eigenvalue weighted by molar-refractivity contribution is -0.115. The molecule has 2 aliphatic rings. The van der Waals surface area contributed by atoms with Gasteiger partial charge < -0.3 is 26.0 Å². The van der Waals surface area contributed by atoms with Gasteiger partial charge in [-0.25, -0.2) is 0 Å². The van der Waals surface area contributed by atoms with Crippen LogP contribution < -0.4 is 26.0 Å². The minimum Gasteiger partial charge on any atom is -0.463 e. The van der Waals surface area contributed by atoms with E-state index in [-0.39, 0.29) is 17.7 Å². The summed E-state index contributed by atoms with van der Waals surface area (Å²) in [5.41, 5.74) is 6.53. The average molecular weight is 348 g/mol. The van der Waals surface area contributed by atoms with Crippen LogP contribution in [-0.2, 0) is 4.79 Å². The lowest BCUT2D eigenvalue weighted by atomic mass is 9.94. The molecule has 1 aromatic rings. The normalized spacial score (nSPS) is 18.0.